The molecule has 0 saturated carbocycles. The van der Waals surface area contributed by atoms with Gasteiger partial charge in [-0.2, -0.15) is 0 Å². The number of pyridine rings is 1. The highest BCUT2D eigenvalue weighted by molar-refractivity contribution is 6.05. The first-order valence-corrected chi connectivity index (χ1v) is 6.13. The zero-order chi connectivity index (χ0) is 12.7. The average molecular weight is 239 g/mol. The van der Waals surface area contributed by atoms with Gasteiger partial charge in [0.05, 0.1) is 5.52 Å². The molecule has 0 aliphatic carbocycles. The van der Waals surface area contributed by atoms with Crippen molar-refractivity contribution in [1.29, 1.82) is 0 Å². The van der Waals surface area contributed by atoms with Gasteiger partial charge in [0.25, 0.3) is 0 Å². The summed E-state index contributed by atoms with van der Waals surface area (Å²) >= 11 is 0. The third-order valence-electron chi connectivity index (χ3n) is 3.34. The van der Waals surface area contributed by atoms with E-state index in [1.807, 2.05) is 6.07 Å². The van der Waals surface area contributed by atoms with Crippen molar-refractivity contribution < 1.29 is 4.39 Å². The second-order valence-corrected chi connectivity index (χ2v) is 4.92. The SMILES string of the molecule is CC(C)c1ccc2c(c1)ncc1ccc(F)cc12. The average Bonchev–Trinajstić information content (AvgIpc) is 2.37. The zero-order valence-corrected chi connectivity index (χ0v) is 10.4. The van der Waals surface area contributed by atoms with Crippen molar-refractivity contribution >= 4 is 21.7 Å². The van der Waals surface area contributed by atoms with Crippen molar-refractivity contribution in [3.05, 3.63) is 54.0 Å². The van der Waals surface area contributed by atoms with Gasteiger partial charge in [0.15, 0.2) is 0 Å². The predicted molar refractivity (Wildman–Crippen MR) is 73.3 cm³/mol. The van der Waals surface area contributed by atoms with Crippen LogP contribution in [-0.2, 0) is 0 Å². The Morgan fingerprint density at radius 1 is 1.00 bits per heavy atom. The first kappa shape index (κ1) is 11.1. The Balaban J connectivity index is 2.37. The predicted octanol–water partition coefficient (Wildman–Crippen LogP) is 4.65. The van der Waals surface area contributed by atoms with Gasteiger partial charge in [0, 0.05) is 17.0 Å². The van der Waals surface area contributed by atoms with Gasteiger partial charge in [0.1, 0.15) is 5.82 Å². The van der Waals surface area contributed by atoms with Gasteiger partial charge in [-0.3, -0.25) is 4.98 Å². The maximum Gasteiger partial charge on any atom is 0.123 e. The van der Waals surface area contributed by atoms with E-state index in [2.05, 4.69) is 31.0 Å². The molecule has 2 heteroatoms. The molecule has 0 N–H and O–H groups in total. The van der Waals surface area contributed by atoms with Crippen LogP contribution in [0.4, 0.5) is 4.39 Å². The molecule has 0 aliphatic heterocycles. The van der Waals surface area contributed by atoms with Crippen LogP contribution in [0.5, 0.6) is 0 Å². The Labute approximate surface area is 105 Å². The van der Waals surface area contributed by atoms with Gasteiger partial charge in [-0.05, 0) is 41.1 Å². The maximum absolute atomic E-state index is 13.4. The van der Waals surface area contributed by atoms with Gasteiger partial charge in [0.2, 0.25) is 0 Å². The smallest absolute Gasteiger partial charge is 0.123 e. The highest BCUT2D eigenvalue weighted by Crippen LogP contribution is 2.26. The summed E-state index contributed by atoms with van der Waals surface area (Å²) in [4.78, 5) is 4.46. The molecule has 2 aromatic carbocycles. The summed E-state index contributed by atoms with van der Waals surface area (Å²) in [5.41, 5.74) is 2.19. The van der Waals surface area contributed by atoms with E-state index in [1.54, 1.807) is 18.3 Å². The van der Waals surface area contributed by atoms with E-state index in [0.717, 1.165) is 21.7 Å². The lowest BCUT2D eigenvalue weighted by Gasteiger charge is -2.08. The monoisotopic (exact) mass is 239 g/mol. The molecule has 0 unspecified atom stereocenters. The lowest BCUT2D eigenvalue weighted by atomic mass is 9.99. The summed E-state index contributed by atoms with van der Waals surface area (Å²) in [7, 11) is 0. The van der Waals surface area contributed by atoms with E-state index in [1.165, 1.54) is 11.6 Å². The molecule has 3 aromatic rings. The number of hydrogen-bond acceptors (Lipinski definition) is 1. The highest BCUT2D eigenvalue weighted by atomic mass is 19.1. The number of hydrogen-bond donors (Lipinski definition) is 0. The molecule has 0 spiro atoms. The molecule has 1 aromatic heterocycles. The summed E-state index contributed by atoms with van der Waals surface area (Å²) in [6.45, 7) is 4.31. The van der Waals surface area contributed by atoms with E-state index < -0.39 is 0 Å². The number of aromatic nitrogens is 1. The molecule has 18 heavy (non-hydrogen) atoms. The summed E-state index contributed by atoms with van der Waals surface area (Å²) < 4.78 is 13.4. The molecule has 1 nitrogen and oxygen atoms in total. The molecule has 0 bridgehead atoms. The van der Waals surface area contributed by atoms with Crippen LogP contribution in [0.3, 0.4) is 0 Å². The van der Waals surface area contributed by atoms with E-state index in [0.29, 0.717) is 5.92 Å². The number of fused-ring (bicyclic) bond motifs is 3. The minimum absolute atomic E-state index is 0.206. The molecule has 3 rings (SSSR count). The van der Waals surface area contributed by atoms with Gasteiger partial charge in [-0.1, -0.05) is 26.0 Å². The van der Waals surface area contributed by atoms with Crippen LogP contribution in [0, 0.1) is 5.82 Å². The largest absolute Gasteiger partial charge is 0.256 e. The Kier molecular flexibility index (Phi) is 2.51. The first-order valence-electron chi connectivity index (χ1n) is 6.13. The van der Waals surface area contributed by atoms with Crippen molar-refractivity contribution in [3.8, 4) is 0 Å². The summed E-state index contributed by atoms with van der Waals surface area (Å²) in [5.74, 6) is 0.266. The third-order valence-corrected chi connectivity index (χ3v) is 3.34. The standard InChI is InChI=1S/C16H14FN/c1-10(2)11-4-6-14-15-8-13(17)5-3-12(15)9-18-16(14)7-11/h3-10H,1-2H3. The summed E-state index contributed by atoms with van der Waals surface area (Å²) in [6, 6.07) is 11.0. The number of nitrogens with zero attached hydrogens (tertiary/aromatic N) is 1. The van der Waals surface area contributed by atoms with E-state index in [9.17, 15) is 4.39 Å². The molecule has 0 fully saturated rings. The van der Waals surface area contributed by atoms with Gasteiger partial charge >= 0.3 is 0 Å². The van der Waals surface area contributed by atoms with Crippen molar-refractivity contribution in [2.45, 2.75) is 19.8 Å². The highest BCUT2D eigenvalue weighted by Gasteiger charge is 2.05. The number of benzene rings is 2. The van der Waals surface area contributed by atoms with Crippen LogP contribution in [0.25, 0.3) is 21.7 Å². The fourth-order valence-electron chi connectivity index (χ4n) is 2.26. The van der Waals surface area contributed by atoms with Gasteiger partial charge in [-0.15, -0.1) is 0 Å². The normalized spacial score (nSPS) is 11.6. The topological polar surface area (TPSA) is 12.9 Å². The molecule has 90 valence electrons. The fraction of sp³-hybridized carbons (Fsp3) is 0.188. The third kappa shape index (κ3) is 1.74. The van der Waals surface area contributed by atoms with Crippen LogP contribution in [-0.4, -0.2) is 4.98 Å². The number of rotatable bonds is 1. The van der Waals surface area contributed by atoms with Crippen LogP contribution in [0.1, 0.15) is 25.3 Å². The van der Waals surface area contributed by atoms with Crippen molar-refractivity contribution in [2.75, 3.05) is 0 Å². The Hall–Kier alpha value is -1.96. The maximum atomic E-state index is 13.4. The second-order valence-electron chi connectivity index (χ2n) is 4.92. The Morgan fingerprint density at radius 2 is 1.83 bits per heavy atom. The van der Waals surface area contributed by atoms with Gasteiger partial charge in [-0.25, -0.2) is 4.39 Å². The summed E-state index contributed by atoms with van der Waals surface area (Å²) in [5, 5.41) is 2.91. The van der Waals surface area contributed by atoms with Crippen molar-refractivity contribution in [2.24, 2.45) is 0 Å². The van der Waals surface area contributed by atoms with E-state index in [-0.39, 0.29) is 5.82 Å². The van der Waals surface area contributed by atoms with Crippen LogP contribution >= 0.6 is 0 Å². The molecule has 1 heterocycles. The van der Waals surface area contributed by atoms with Crippen molar-refractivity contribution in [3.63, 3.8) is 0 Å². The van der Waals surface area contributed by atoms with E-state index >= 15 is 0 Å². The molecule has 0 radical (unpaired) electrons. The molecule has 0 amide bonds. The number of halogens is 1. The Morgan fingerprint density at radius 3 is 2.61 bits per heavy atom. The molecule has 0 atom stereocenters. The second kappa shape index (κ2) is 4.05. The van der Waals surface area contributed by atoms with Crippen molar-refractivity contribution in [1.82, 2.24) is 4.98 Å². The van der Waals surface area contributed by atoms with Crippen LogP contribution in [0.2, 0.25) is 0 Å². The zero-order valence-electron chi connectivity index (χ0n) is 10.4. The first-order chi connectivity index (χ1) is 8.65. The van der Waals surface area contributed by atoms with Gasteiger partial charge < -0.3 is 0 Å². The quantitative estimate of drug-likeness (QED) is 0.563. The van der Waals surface area contributed by atoms with E-state index in [4.69, 9.17) is 0 Å². The lowest BCUT2D eigenvalue weighted by molar-refractivity contribution is 0.630. The Bertz CT molecular complexity index is 732. The minimum atomic E-state index is -0.206. The lowest BCUT2D eigenvalue weighted by Crippen LogP contribution is -1.89. The van der Waals surface area contributed by atoms with Crippen LogP contribution < -0.4 is 0 Å². The molecular weight excluding hydrogens is 225 g/mol. The van der Waals surface area contributed by atoms with Crippen LogP contribution in [0.15, 0.2) is 42.6 Å². The fourth-order valence-corrected chi connectivity index (χ4v) is 2.26. The molecule has 0 saturated heterocycles. The minimum Gasteiger partial charge on any atom is -0.256 e. The molecule has 0 aliphatic rings. The molecular formula is C16H14FN. The summed E-state index contributed by atoms with van der Waals surface area (Å²) in [6.07, 6.45) is 1.81.